The van der Waals surface area contributed by atoms with E-state index in [9.17, 15) is 0 Å². The summed E-state index contributed by atoms with van der Waals surface area (Å²) in [5.41, 5.74) is 0. The third-order valence-electron chi connectivity index (χ3n) is 2.78. The molecule has 0 amide bonds. The molecule has 4 heteroatoms. The molecule has 2 rings (SSSR count). The maximum absolute atomic E-state index is 4.29. The molecule has 0 aliphatic heterocycles. The van der Waals surface area contributed by atoms with Gasteiger partial charge in [-0.1, -0.05) is 13.8 Å². The molecule has 1 N–H and O–H groups in total. The Morgan fingerprint density at radius 2 is 2.07 bits per heavy atom. The maximum Gasteiger partial charge on any atom is 0.144 e. The molecule has 0 aromatic carbocycles. The van der Waals surface area contributed by atoms with Gasteiger partial charge in [-0.15, -0.1) is 0 Å². The molecule has 1 aliphatic rings. The Kier molecular flexibility index (Phi) is 3.24. The predicted octanol–water partition coefficient (Wildman–Crippen LogP) is 3.09. The van der Waals surface area contributed by atoms with E-state index in [2.05, 4.69) is 45.1 Å². The molecule has 0 saturated heterocycles. The third kappa shape index (κ3) is 2.91. The minimum absolute atomic E-state index is 0.542. The van der Waals surface area contributed by atoms with Crippen molar-refractivity contribution in [2.45, 2.75) is 32.7 Å². The van der Waals surface area contributed by atoms with Gasteiger partial charge in [0, 0.05) is 6.04 Å². The van der Waals surface area contributed by atoms with Crippen molar-refractivity contribution in [1.82, 2.24) is 9.97 Å². The van der Waals surface area contributed by atoms with Crippen molar-refractivity contribution in [3.8, 4) is 0 Å². The van der Waals surface area contributed by atoms with Crippen LogP contribution in [0.4, 0.5) is 5.82 Å². The molecule has 1 unspecified atom stereocenters. The second kappa shape index (κ2) is 4.47. The molecule has 1 atom stereocenters. The smallest absolute Gasteiger partial charge is 0.144 e. The van der Waals surface area contributed by atoms with Crippen LogP contribution in [0.3, 0.4) is 0 Å². The van der Waals surface area contributed by atoms with Crippen LogP contribution in [0.25, 0.3) is 0 Å². The quantitative estimate of drug-likeness (QED) is 0.913. The van der Waals surface area contributed by atoms with E-state index in [1.807, 2.05) is 0 Å². The highest BCUT2D eigenvalue weighted by Gasteiger charge is 2.33. The van der Waals surface area contributed by atoms with Gasteiger partial charge in [0.2, 0.25) is 0 Å². The van der Waals surface area contributed by atoms with Crippen LogP contribution >= 0.6 is 15.9 Å². The van der Waals surface area contributed by atoms with Gasteiger partial charge in [0.25, 0.3) is 0 Å². The highest BCUT2D eigenvalue weighted by molar-refractivity contribution is 9.10. The van der Waals surface area contributed by atoms with Crippen LogP contribution in [-0.2, 0) is 0 Å². The minimum Gasteiger partial charge on any atom is -0.366 e. The lowest BCUT2D eigenvalue weighted by Crippen LogP contribution is -2.28. The SMILES string of the molecule is CC(C)C(Nc1cnc(Br)cn1)C1CC1. The first-order chi connectivity index (χ1) is 7.16. The normalized spacial score (nSPS) is 17.9. The first kappa shape index (κ1) is 10.9. The summed E-state index contributed by atoms with van der Waals surface area (Å²) in [6.07, 6.45) is 6.20. The topological polar surface area (TPSA) is 37.8 Å². The van der Waals surface area contributed by atoms with Gasteiger partial charge in [0.05, 0.1) is 12.4 Å². The Hall–Kier alpha value is -0.640. The number of nitrogens with one attached hydrogen (secondary N) is 1. The van der Waals surface area contributed by atoms with Crippen LogP contribution in [0.1, 0.15) is 26.7 Å². The van der Waals surface area contributed by atoms with Crippen molar-refractivity contribution in [3.63, 3.8) is 0 Å². The zero-order valence-corrected chi connectivity index (χ0v) is 10.7. The summed E-state index contributed by atoms with van der Waals surface area (Å²) in [6.45, 7) is 4.50. The number of nitrogens with zero attached hydrogens (tertiary/aromatic N) is 2. The molecular weight excluding hydrogens is 254 g/mol. The fraction of sp³-hybridized carbons (Fsp3) is 0.636. The monoisotopic (exact) mass is 269 g/mol. The summed E-state index contributed by atoms with van der Waals surface area (Å²) in [6, 6.07) is 0.542. The second-order valence-electron chi connectivity index (χ2n) is 4.48. The largest absolute Gasteiger partial charge is 0.366 e. The Morgan fingerprint density at radius 1 is 1.33 bits per heavy atom. The molecule has 1 saturated carbocycles. The van der Waals surface area contributed by atoms with Crippen molar-refractivity contribution in [2.24, 2.45) is 11.8 Å². The van der Waals surface area contributed by atoms with E-state index in [-0.39, 0.29) is 0 Å². The van der Waals surface area contributed by atoms with Crippen LogP contribution in [0.5, 0.6) is 0 Å². The molecule has 3 nitrogen and oxygen atoms in total. The lowest BCUT2D eigenvalue weighted by atomic mass is 10.00. The Labute approximate surface area is 98.8 Å². The van der Waals surface area contributed by atoms with Crippen molar-refractivity contribution in [3.05, 3.63) is 17.0 Å². The molecule has 0 bridgehead atoms. The van der Waals surface area contributed by atoms with Crippen molar-refractivity contribution in [1.29, 1.82) is 0 Å². The number of hydrogen-bond donors (Lipinski definition) is 1. The van der Waals surface area contributed by atoms with Crippen molar-refractivity contribution >= 4 is 21.7 Å². The summed E-state index contributed by atoms with van der Waals surface area (Å²) in [5.74, 6) is 2.35. The highest BCUT2D eigenvalue weighted by Crippen LogP contribution is 2.37. The standard InChI is InChI=1S/C11H16BrN3/c1-7(2)11(8-3-4-8)15-10-6-13-9(12)5-14-10/h5-8,11H,3-4H2,1-2H3,(H,14,15). The molecule has 1 aromatic rings. The van der Waals surface area contributed by atoms with Crippen LogP contribution in [0.15, 0.2) is 17.0 Å². The van der Waals surface area contributed by atoms with Gasteiger partial charge < -0.3 is 5.32 Å². The molecule has 1 aliphatic carbocycles. The average Bonchev–Trinajstić information content (AvgIpc) is 3.00. The molecule has 1 heterocycles. The van der Waals surface area contributed by atoms with Gasteiger partial charge in [0.1, 0.15) is 10.4 Å². The second-order valence-corrected chi connectivity index (χ2v) is 5.29. The summed E-state index contributed by atoms with van der Waals surface area (Å²) in [7, 11) is 0. The molecular formula is C11H16BrN3. The Morgan fingerprint density at radius 3 is 2.53 bits per heavy atom. The van der Waals surface area contributed by atoms with E-state index in [1.165, 1.54) is 12.8 Å². The van der Waals surface area contributed by atoms with Crippen LogP contribution < -0.4 is 5.32 Å². The van der Waals surface area contributed by atoms with Gasteiger partial charge >= 0.3 is 0 Å². The number of rotatable bonds is 4. The summed E-state index contributed by atoms with van der Waals surface area (Å²) in [4.78, 5) is 8.45. The van der Waals surface area contributed by atoms with Gasteiger partial charge in [-0.05, 0) is 40.6 Å². The minimum atomic E-state index is 0.542. The lowest BCUT2D eigenvalue weighted by molar-refractivity contribution is 0.475. The average molecular weight is 270 g/mol. The zero-order chi connectivity index (χ0) is 10.8. The first-order valence-corrected chi connectivity index (χ1v) is 6.20. The molecule has 0 spiro atoms. The fourth-order valence-electron chi connectivity index (χ4n) is 1.84. The Balaban J connectivity index is 2.02. The number of aromatic nitrogens is 2. The maximum atomic E-state index is 4.29. The van der Waals surface area contributed by atoms with E-state index in [4.69, 9.17) is 0 Å². The number of hydrogen-bond acceptors (Lipinski definition) is 3. The van der Waals surface area contributed by atoms with Gasteiger partial charge in [0.15, 0.2) is 0 Å². The highest BCUT2D eigenvalue weighted by atomic mass is 79.9. The van der Waals surface area contributed by atoms with Gasteiger partial charge in [-0.3, -0.25) is 0 Å². The van der Waals surface area contributed by atoms with Crippen molar-refractivity contribution < 1.29 is 0 Å². The van der Waals surface area contributed by atoms with Crippen LogP contribution in [-0.4, -0.2) is 16.0 Å². The molecule has 15 heavy (non-hydrogen) atoms. The van der Waals surface area contributed by atoms with Crippen LogP contribution in [0, 0.1) is 11.8 Å². The summed E-state index contributed by atoms with van der Waals surface area (Å²) >= 11 is 3.28. The molecule has 1 aromatic heterocycles. The molecule has 1 fully saturated rings. The lowest BCUT2D eigenvalue weighted by Gasteiger charge is -2.22. The first-order valence-electron chi connectivity index (χ1n) is 5.41. The molecule has 82 valence electrons. The summed E-state index contributed by atoms with van der Waals surface area (Å²) < 4.78 is 0.778. The predicted molar refractivity (Wildman–Crippen MR) is 64.7 cm³/mol. The number of anilines is 1. The van der Waals surface area contributed by atoms with Gasteiger partial charge in [-0.2, -0.15) is 0 Å². The van der Waals surface area contributed by atoms with E-state index < -0.39 is 0 Å². The van der Waals surface area contributed by atoms with Crippen molar-refractivity contribution in [2.75, 3.05) is 5.32 Å². The van der Waals surface area contributed by atoms with E-state index in [1.54, 1.807) is 12.4 Å². The van der Waals surface area contributed by atoms with Gasteiger partial charge in [-0.25, -0.2) is 9.97 Å². The molecule has 0 radical (unpaired) electrons. The van der Waals surface area contributed by atoms with Crippen LogP contribution in [0.2, 0.25) is 0 Å². The van der Waals surface area contributed by atoms with E-state index >= 15 is 0 Å². The number of halogens is 1. The van der Waals surface area contributed by atoms with E-state index in [0.29, 0.717) is 12.0 Å². The van der Waals surface area contributed by atoms with E-state index in [0.717, 1.165) is 16.3 Å². The zero-order valence-electron chi connectivity index (χ0n) is 9.07. The summed E-state index contributed by atoms with van der Waals surface area (Å²) in [5, 5.41) is 3.47. The third-order valence-corrected chi connectivity index (χ3v) is 3.19. The fourth-order valence-corrected chi connectivity index (χ4v) is 2.05. The Bertz CT molecular complexity index is 317.